The topological polar surface area (TPSA) is 49.9 Å². The van der Waals surface area contributed by atoms with Crippen LogP contribution < -0.4 is 0 Å². The predicted octanol–water partition coefficient (Wildman–Crippen LogP) is 2.23. The Morgan fingerprint density at radius 3 is 2.30 bits per heavy atom. The number of ether oxygens (including phenoxy) is 1. The van der Waals surface area contributed by atoms with Gasteiger partial charge >= 0.3 is 5.97 Å². The molecule has 23 heavy (non-hydrogen) atoms. The minimum absolute atomic E-state index is 0.00924. The van der Waals surface area contributed by atoms with Gasteiger partial charge < -0.3 is 14.5 Å². The van der Waals surface area contributed by atoms with Gasteiger partial charge in [-0.15, -0.1) is 0 Å². The molecule has 0 aliphatic rings. The first kappa shape index (κ1) is 19.5. The second-order valence-corrected chi connectivity index (χ2v) is 6.10. The fourth-order valence-corrected chi connectivity index (χ4v) is 2.28. The van der Waals surface area contributed by atoms with Gasteiger partial charge in [0.15, 0.2) is 0 Å². The molecule has 128 valence electrons. The largest absolute Gasteiger partial charge is 0.469 e. The summed E-state index contributed by atoms with van der Waals surface area (Å²) in [6, 6.07) is 7.24. The van der Waals surface area contributed by atoms with Crippen molar-refractivity contribution in [3.8, 4) is 0 Å². The third kappa shape index (κ3) is 8.00. The van der Waals surface area contributed by atoms with Gasteiger partial charge in [-0.3, -0.25) is 9.59 Å². The smallest absolute Gasteiger partial charge is 0.307 e. The third-order valence-corrected chi connectivity index (χ3v) is 3.72. The standard InChI is InChI=1S/C17H25ClN2O3/c1-19(2)10-4-11-20(12-9-17(22)23-3)16(21)13-14-5-7-15(18)8-6-14/h5-8H,4,9-13H2,1-3H3. The molecule has 0 bridgehead atoms. The highest BCUT2D eigenvalue weighted by Gasteiger charge is 2.15. The SMILES string of the molecule is COC(=O)CCN(CCCN(C)C)C(=O)Cc1ccc(Cl)cc1. The number of hydrogen-bond donors (Lipinski definition) is 0. The summed E-state index contributed by atoms with van der Waals surface area (Å²) < 4.78 is 4.65. The Bertz CT molecular complexity index is 503. The highest BCUT2D eigenvalue weighted by molar-refractivity contribution is 6.30. The number of nitrogens with zero attached hydrogens (tertiary/aromatic N) is 2. The van der Waals surface area contributed by atoms with Crippen LogP contribution in [0.1, 0.15) is 18.4 Å². The Kier molecular flexibility index (Phi) is 8.66. The molecule has 0 atom stereocenters. The summed E-state index contributed by atoms with van der Waals surface area (Å²) in [4.78, 5) is 27.6. The molecule has 0 aromatic heterocycles. The van der Waals surface area contributed by atoms with Gasteiger partial charge in [-0.25, -0.2) is 0 Å². The maximum Gasteiger partial charge on any atom is 0.307 e. The van der Waals surface area contributed by atoms with Crippen molar-refractivity contribution < 1.29 is 14.3 Å². The number of carbonyl (C=O) groups excluding carboxylic acids is 2. The highest BCUT2D eigenvalue weighted by atomic mass is 35.5. The molecule has 1 amide bonds. The van der Waals surface area contributed by atoms with E-state index in [4.69, 9.17) is 11.6 Å². The number of amides is 1. The minimum atomic E-state index is -0.304. The van der Waals surface area contributed by atoms with E-state index in [2.05, 4.69) is 9.64 Å². The van der Waals surface area contributed by atoms with E-state index in [-0.39, 0.29) is 18.3 Å². The molecule has 1 aromatic rings. The molecule has 1 rings (SSSR count). The summed E-state index contributed by atoms with van der Waals surface area (Å²) in [6.45, 7) is 1.90. The minimum Gasteiger partial charge on any atom is -0.469 e. The summed E-state index contributed by atoms with van der Waals surface area (Å²) in [6.07, 6.45) is 1.38. The summed E-state index contributed by atoms with van der Waals surface area (Å²) in [7, 11) is 5.34. The van der Waals surface area contributed by atoms with E-state index >= 15 is 0 Å². The van der Waals surface area contributed by atoms with Gasteiger partial charge in [0.25, 0.3) is 0 Å². The zero-order chi connectivity index (χ0) is 17.2. The van der Waals surface area contributed by atoms with Crippen LogP contribution in [-0.4, -0.2) is 62.5 Å². The van der Waals surface area contributed by atoms with Crippen LogP contribution in [0.4, 0.5) is 0 Å². The fraction of sp³-hybridized carbons (Fsp3) is 0.529. The van der Waals surface area contributed by atoms with Crippen molar-refractivity contribution in [1.29, 1.82) is 0 Å². The average Bonchev–Trinajstić information content (AvgIpc) is 2.52. The van der Waals surface area contributed by atoms with E-state index in [1.807, 2.05) is 26.2 Å². The molecule has 0 unspecified atom stereocenters. The quantitative estimate of drug-likeness (QED) is 0.647. The van der Waals surface area contributed by atoms with Crippen molar-refractivity contribution >= 4 is 23.5 Å². The lowest BCUT2D eigenvalue weighted by atomic mass is 10.1. The van der Waals surface area contributed by atoms with E-state index in [1.54, 1.807) is 17.0 Å². The zero-order valence-electron chi connectivity index (χ0n) is 14.0. The molecule has 5 nitrogen and oxygen atoms in total. The summed E-state index contributed by atoms with van der Waals surface area (Å²) >= 11 is 5.86. The molecule has 0 radical (unpaired) electrons. The number of methoxy groups -OCH3 is 1. The maximum absolute atomic E-state index is 12.5. The number of benzene rings is 1. The van der Waals surface area contributed by atoms with E-state index in [0.29, 0.717) is 24.5 Å². The van der Waals surface area contributed by atoms with Gasteiger partial charge in [0.05, 0.1) is 20.0 Å². The van der Waals surface area contributed by atoms with Crippen molar-refractivity contribution in [2.45, 2.75) is 19.3 Å². The maximum atomic E-state index is 12.5. The molecule has 0 saturated heterocycles. The first-order chi connectivity index (χ1) is 10.9. The lowest BCUT2D eigenvalue weighted by Gasteiger charge is -2.23. The number of carbonyl (C=O) groups is 2. The van der Waals surface area contributed by atoms with Crippen molar-refractivity contribution in [2.24, 2.45) is 0 Å². The van der Waals surface area contributed by atoms with Crippen LogP contribution in [0.3, 0.4) is 0 Å². The molecule has 0 fully saturated rings. The van der Waals surface area contributed by atoms with Gasteiger partial charge in [0.2, 0.25) is 5.91 Å². The molecule has 0 spiro atoms. The molecule has 1 aromatic carbocycles. The Hall–Kier alpha value is -1.59. The Morgan fingerprint density at radius 2 is 1.74 bits per heavy atom. The van der Waals surface area contributed by atoms with Gasteiger partial charge in [-0.05, 0) is 44.8 Å². The van der Waals surface area contributed by atoms with Crippen LogP contribution in [0, 0.1) is 0 Å². The molecular formula is C17H25ClN2O3. The van der Waals surface area contributed by atoms with E-state index in [1.165, 1.54) is 7.11 Å². The van der Waals surface area contributed by atoms with E-state index in [0.717, 1.165) is 18.5 Å². The number of rotatable bonds is 9. The van der Waals surface area contributed by atoms with Crippen LogP contribution in [0.25, 0.3) is 0 Å². The number of esters is 1. The van der Waals surface area contributed by atoms with Gasteiger partial charge in [0.1, 0.15) is 0 Å². The molecule has 0 saturated carbocycles. The fourth-order valence-electron chi connectivity index (χ4n) is 2.16. The van der Waals surface area contributed by atoms with E-state index in [9.17, 15) is 9.59 Å². The molecular weight excluding hydrogens is 316 g/mol. The second kappa shape index (κ2) is 10.2. The molecule has 0 heterocycles. The number of halogens is 1. The first-order valence-corrected chi connectivity index (χ1v) is 8.04. The Balaban J connectivity index is 2.61. The van der Waals surface area contributed by atoms with Crippen molar-refractivity contribution in [2.75, 3.05) is 40.8 Å². The van der Waals surface area contributed by atoms with Gasteiger partial charge in [-0.1, -0.05) is 23.7 Å². The predicted molar refractivity (Wildman–Crippen MR) is 91.5 cm³/mol. The van der Waals surface area contributed by atoms with Crippen LogP contribution in [0.15, 0.2) is 24.3 Å². The number of hydrogen-bond acceptors (Lipinski definition) is 4. The normalized spacial score (nSPS) is 10.7. The molecule has 6 heteroatoms. The lowest BCUT2D eigenvalue weighted by molar-refractivity contribution is -0.141. The summed E-state index contributed by atoms with van der Waals surface area (Å²) in [5.41, 5.74) is 0.912. The van der Waals surface area contributed by atoms with Crippen molar-refractivity contribution in [3.63, 3.8) is 0 Å². The van der Waals surface area contributed by atoms with Crippen LogP contribution in [0.5, 0.6) is 0 Å². The second-order valence-electron chi connectivity index (χ2n) is 5.67. The van der Waals surface area contributed by atoms with Gasteiger partial charge in [0, 0.05) is 18.1 Å². The van der Waals surface area contributed by atoms with Crippen LogP contribution >= 0.6 is 11.6 Å². The first-order valence-electron chi connectivity index (χ1n) is 7.66. The average molecular weight is 341 g/mol. The van der Waals surface area contributed by atoms with Crippen molar-refractivity contribution in [1.82, 2.24) is 9.80 Å². The van der Waals surface area contributed by atoms with E-state index < -0.39 is 0 Å². The lowest BCUT2D eigenvalue weighted by Crippen LogP contribution is -2.36. The summed E-state index contributed by atoms with van der Waals surface area (Å²) in [5.74, 6) is -0.295. The van der Waals surface area contributed by atoms with Crippen molar-refractivity contribution in [3.05, 3.63) is 34.9 Å². The Morgan fingerprint density at radius 1 is 1.09 bits per heavy atom. The Labute approximate surface area is 143 Å². The highest BCUT2D eigenvalue weighted by Crippen LogP contribution is 2.11. The monoisotopic (exact) mass is 340 g/mol. The van der Waals surface area contributed by atoms with Crippen LogP contribution in [0.2, 0.25) is 5.02 Å². The molecule has 0 N–H and O–H groups in total. The van der Waals surface area contributed by atoms with Crippen LogP contribution in [-0.2, 0) is 20.7 Å². The molecule has 0 aliphatic carbocycles. The third-order valence-electron chi connectivity index (χ3n) is 3.47. The van der Waals surface area contributed by atoms with Gasteiger partial charge in [-0.2, -0.15) is 0 Å². The zero-order valence-corrected chi connectivity index (χ0v) is 14.8. The molecule has 0 aliphatic heterocycles. The summed E-state index contributed by atoms with van der Waals surface area (Å²) in [5, 5.41) is 0.648.